The molecule has 2 saturated carbocycles. The van der Waals surface area contributed by atoms with Crippen LogP contribution in [0.4, 0.5) is 0 Å². The number of hydrogen-bond donors (Lipinski definition) is 0. The molecule has 0 N–H and O–H groups in total. The molecule has 8 heteroatoms. The van der Waals surface area contributed by atoms with E-state index >= 15 is 0 Å². The van der Waals surface area contributed by atoms with Gasteiger partial charge in [-0.15, -0.1) is 47.2 Å². The van der Waals surface area contributed by atoms with Gasteiger partial charge in [-0.3, -0.25) is 0 Å². The first kappa shape index (κ1) is 41.4. The van der Waals surface area contributed by atoms with Crippen LogP contribution in [0.3, 0.4) is 0 Å². The van der Waals surface area contributed by atoms with Gasteiger partial charge in [0.05, 0.1) is 0 Å². The predicted molar refractivity (Wildman–Crippen MR) is 190 cm³/mol. The molecule has 6 rings (SSSR count). The monoisotopic (exact) mass is 761 g/mol. The molecule has 0 heterocycles. The smallest absolute Gasteiger partial charge is 1.00 e. The minimum atomic E-state index is 0. The standard InChI is InChI=1S/2C17H23OSi.C2H7Si.2ClH.Zr/c2*1-11-8-9-14-10-15(13-6-4-3-5-7-13)17(18-19)16(14)12(11)2;1-3-2;;;/h2*8-10,13H,3-7H2,1-2,19H3;3H,1-2H3;2*1H;/q2*-1;;;;+4/p-2. The number of rotatable bonds is 4. The zero-order chi connectivity index (χ0) is 29.5. The van der Waals surface area contributed by atoms with Gasteiger partial charge in [0.1, 0.15) is 0 Å². The summed E-state index contributed by atoms with van der Waals surface area (Å²) >= 11 is 0. The second kappa shape index (κ2) is 19.9. The SMILES string of the molecule is C[SiH]C.Cc1ccc2[cH-]c(C3CCCCC3)c(O[SiH3])c2c1C.Cc1ccc2[cH-]c(C3CCCCC3)c(O[SiH3])c2c1C.[Cl-].[Cl-].[Zr+4]. The summed E-state index contributed by atoms with van der Waals surface area (Å²) in [5.74, 6) is 3.86. The number of halogens is 2. The van der Waals surface area contributed by atoms with Crippen LogP contribution >= 0.6 is 0 Å². The van der Waals surface area contributed by atoms with Crippen LogP contribution < -0.4 is 33.7 Å². The van der Waals surface area contributed by atoms with E-state index in [0.29, 0.717) is 0 Å². The third-order valence-electron chi connectivity index (χ3n) is 9.63. The van der Waals surface area contributed by atoms with Crippen LogP contribution in [0.2, 0.25) is 13.1 Å². The first-order chi connectivity index (χ1) is 19.9. The summed E-state index contributed by atoms with van der Waals surface area (Å²) in [6, 6.07) is 13.8. The van der Waals surface area contributed by atoms with Gasteiger partial charge in [0.2, 0.25) is 0 Å². The third kappa shape index (κ3) is 9.25. The quantitative estimate of drug-likeness (QED) is 0.235. The van der Waals surface area contributed by atoms with Crippen molar-refractivity contribution in [3.05, 3.63) is 69.8 Å². The van der Waals surface area contributed by atoms with Crippen molar-refractivity contribution in [1.82, 2.24) is 0 Å². The molecule has 2 aliphatic rings. The second-order valence-electron chi connectivity index (χ2n) is 12.5. The van der Waals surface area contributed by atoms with Crippen LogP contribution in [0.1, 0.15) is 109 Å². The van der Waals surface area contributed by atoms with E-state index in [4.69, 9.17) is 8.85 Å². The van der Waals surface area contributed by atoms with Crippen LogP contribution in [0, 0.1) is 27.7 Å². The van der Waals surface area contributed by atoms with Crippen molar-refractivity contribution >= 4 is 52.0 Å². The molecule has 1 radical (unpaired) electrons. The zero-order valence-electron chi connectivity index (χ0n) is 28.3. The van der Waals surface area contributed by atoms with E-state index in [2.05, 4.69) is 77.2 Å². The van der Waals surface area contributed by atoms with Gasteiger partial charge < -0.3 is 33.7 Å². The Bertz CT molecular complexity index is 1330. The second-order valence-corrected chi connectivity index (χ2v) is 14.4. The van der Waals surface area contributed by atoms with Gasteiger partial charge in [0.15, 0.2) is 21.0 Å². The van der Waals surface area contributed by atoms with Crippen LogP contribution in [0.25, 0.3) is 21.5 Å². The van der Waals surface area contributed by atoms with Crippen molar-refractivity contribution in [3.63, 3.8) is 0 Å². The van der Waals surface area contributed by atoms with Crippen molar-refractivity contribution in [2.24, 2.45) is 0 Å². The summed E-state index contributed by atoms with van der Waals surface area (Å²) in [4.78, 5) is 0. The van der Waals surface area contributed by atoms with Gasteiger partial charge in [0, 0.05) is 9.52 Å². The first-order valence-corrected chi connectivity index (χ1v) is 20.0. The van der Waals surface area contributed by atoms with Gasteiger partial charge in [-0.05, 0) is 76.7 Å². The summed E-state index contributed by atoms with van der Waals surface area (Å²) in [5, 5.41) is 5.48. The molecular weight excluding hydrogens is 711 g/mol. The first-order valence-electron chi connectivity index (χ1n) is 16.1. The van der Waals surface area contributed by atoms with Crippen molar-refractivity contribution in [1.29, 1.82) is 0 Å². The molecule has 239 valence electrons. The van der Waals surface area contributed by atoms with Crippen LogP contribution in [0.15, 0.2) is 36.4 Å². The molecule has 0 bridgehead atoms. The molecular formula is C36H53Cl2O2Si3Zr. The number of benzene rings is 2. The molecule has 4 aromatic carbocycles. The van der Waals surface area contributed by atoms with E-state index in [1.54, 1.807) is 0 Å². The third-order valence-corrected chi connectivity index (χ3v) is 10.5. The number of hydrogen-bond acceptors (Lipinski definition) is 2. The van der Waals surface area contributed by atoms with Gasteiger partial charge in [0.25, 0.3) is 0 Å². The Balaban J connectivity index is 0.000000380. The van der Waals surface area contributed by atoms with Crippen molar-refractivity contribution in [2.75, 3.05) is 0 Å². The topological polar surface area (TPSA) is 18.5 Å². The molecule has 4 aromatic rings. The van der Waals surface area contributed by atoms with Crippen molar-refractivity contribution < 1.29 is 59.9 Å². The van der Waals surface area contributed by atoms with E-state index < -0.39 is 0 Å². The van der Waals surface area contributed by atoms with E-state index in [1.165, 1.54) is 131 Å². The molecule has 0 aliphatic heterocycles. The van der Waals surface area contributed by atoms with E-state index in [-0.39, 0.29) is 51.0 Å². The Morgan fingerprint density at radius 2 is 0.932 bits per heavy atom. The molecule has 0 saturated heterocycles. The Morgan fingerprint density at radius 3 is 1.23 bits per heavy atom. The zero-order valence-corrected chi connectivity index (χ0v) is 37.5. The molecule has 0 aromatic heterocycles. The minimum Gasteiger partial charge on any atom is -1.00 e. The van der Waals surface area contributed by atoms with Gasteiger partial charge in [-0.2, -0.15) is 0 Å². The Kier molecular flexibility index (Phi) is 18.7. The summed E-state index contributed by atoms with van der Waals surface area (Å²) < 4.78 is 11.9. The van der Waals surface area contributed by atoms with Gasteiger partial charge >= 0.3 is 26.2 Å². The summed E-state index contributed by atoms with van der Waals surface area (Å²) in [7, 11) is 2.30. The minimum absolute atomic E-state index is 0. The number of aryl methyl sites for hydroxylation is 4. The maximum atomic E-state index is 5.93. The fourth-order valence-electron chi connectivity index (χ4n) is 7.15. The van der Waals surface area contributed by atoms with Gasteiger partial charge in [-0.1, -0.05) is 95.8 Å². The van der Waals surface area contributed by atoms with Crippen LogP contribution in [-0.2, 0) is 26.2 Å². The number of fused-ring (bicyclic) bond motifs is 2. The molecule has 2 nitrogen and oxygen atoms in total. The largest absolute Gasteiger partial charge is 4.00 e. The molecule has 0 spiro atoms. The molecule has 2 aliphatic carbocycles. The molecule has 0 atom stereocenters. The van der Waals surface area contributed by atoms with Crippen LogP contribution in [-0.4, -0.2) is 30.5 Å². The van der Waals surface area contributed by atoms with E-state index in [0.717, 1.165) is 42.3 Å². The molecule has 0 unspecified atom stereocenters. The van der Waals surface area contributed by atoms with E-state index in [9.17, 15) is 0 Å². The maximum absolute atomic E-state index is 5.93. The Morgan fingerprint density at radius 1 is 0.614 bits per heavy atom. The normalized spacial score (nSPS) is 15.2. The van der Waals surface area contributed by atoms with Crippen molar-refractivity contribution in [3.8, 4) is 11.5 Å². The molecule has 44 heavy (non-hydrogen) atoms. The van der Waals surface area contributed by atoms with E-state index in [1.807, 2.05) is 0 Å². The average Bonchev–Trinajstić information content (AvgIpc) is 3.58. The Labute approximate surface area is 307 Å². The maximum Gasteiger partial charge on any atom is 4.00 e. The average molecular weight is 764 g/mol. The molecule has 2 fully saturated rings. The fraction of sp³-hybridized carbons (Fsp3) is 0.500. The Hall–Kier alpha value is -0.626. The predicted octanol–water partition coefficient (Wildman–Crippen LogP) is 2.29. The van der Waals surface area contributed by atoms with Crippen LogP contribution in [0.5, 0.6) is 11.5 Å². The van der Waals surface area contributed by atoms with Gasteiger partial charge in [-0.25, -0.2) is 0 Å². The molecule has 0 amide bonds. The summed E-state index contributed by atoms with van der Waals surface area (Å²) in [6.45, 7) is 13.3. The fourth-order valence-corrected chi connectivity index (χ4v) is 8.02. The summed E-state index contributed by atoms with van der Waals surface area (Å²) in [5.41, 5.74) is 8.49. The van der Waals surface area contributed by atoms with Crippen molar-refractivity contribution in [2.45, 2.75) is 117 Å². The summed E-state index contributed by atoms with van der Waals surface area (Å²) in [6.07, 6.45) is 13.7.